The molecule has 0 saturated heterocycles. The third kappa shape index (κ3) is 5.34. The summed E-state index contributed by atoms with van der Waals surface area (Å²) in [5.74, 6) is 2.91. The van der Waals surface area contributed by atoms with Gasteiger partial charge in [0.1, 0.15) is 23.9 Å². The molecule has 3 aromatic rings. The fourth-order valence-electron chi connectivity index (χ4n) is 2.49. The summed E-state index contributed by atoms with van der Waals surface area (Å²) in [5.41, 5.74) is 3.46. The maximum absolute atomic E-state index is 5.70. The summed E-state index contributed by atoms with van der Waals surface area (Å²) in [6.45, 7) is 5.33. The first-order chi connectivity index (χ1) is 13.1. The first-order valence-corrected chi connectivity index (χ1v) is 8.82. The van der Waals surface area contributed by atoms with E-state index >= 15 is 0 Å². The molecule has 0 bridgehead atoms. The average molecular weight is 364 g/mol. The van der Waals surface area contributed by atoms with Crippen LogP contribution in [0, 0.1) is 13.8 Å². The Morgan fingerprint density at radius 2 is 1.70 bits per heavy atom. The molecule has 3 rings (SSSR count). The topological polar surface area (TPSA) is 68.3 Å². The summed E-state index contributed by atoms with van der Waals surface area (Å²) < 4.78 is 10.8. The first kappa shape index (κ1) is 18.5. The second-order valence-corrected chi connectivity index (χ2v) is 6.14. The van der Waals surface area contributed by atoms with Crippen molar-refractivity contribution < 1.29 is 9.47 Å². The number of benzene rings is 2. The Labute approximate surface area is 159 Å². The van der Waals surface area contributed by atoms with Crippen molar-refractivity contribution in [2.24, 2.45) is 0 Å². The van der Waals surface area contributed by atoms with E-state index in [2.05, 4.69) is 46.6 Å². The zero-order valence-electron chi connectivity index (χ0n) is 15.8. The van der Waals surface area contributed by atoms with Crippen LogP contribution in [-0.2, 0) is 0 Å². The van der Waals surface area contributed by atoms with Crippen LogP contribution in [0.5, 0.6) is 11.5 Å². The number of ether oxygens (including phenoxy) is 2. The van der Waals surface area contributed by atoms with Crippen LogP contribution >= 0.6 is 0 Å². The molecule has 0 unspecified atom stereocenters. The van der Waals surface area contributed by atoms with Gasteiger partial charge < -0.3 is 20.1 Å². The van der Waals surface area contributed by atoms with Gasteiger partial charge in [-0.2, -0.15) is 4.98 Å². The molecule has 6 nitrogen and oxygen atoms in total. The van der Waals surface area contributed by atoms with E-state index in [-0.39, 0.29) is 0 Å². The van der Waals surface area contributed by atoms with Gasteiger partial charge in [-0.15, -0.1) is 0 Å². The van der Waals surface area contributed by atoms with Crippen LogP contribution in [0.1, 0.15) is 11.1 Å². The molecule has 2 N–H and O–H groups in total. The fourth-order valence-corrected chi connectivity index (χ4v) is 2.49. The second-order valence-electron chi connectivity index (χ2n) is 6.14. The van der Waals surface area contributed by atoms with E-state index in [9.17, 15) is 0 Å². The predicted octanol–water partition coefficient (Wildman–Crippen LogP) is 4.34. The summed E-state index contributed by atoms with van der Waals surface area (Å²) in [6.07, 6.45) is 1.73. The molecule has 0 spiro atoms. The summed E-state index contributed by atoms with van der Waals surface area (Å²) >= 11 is 0. The van der Waals surface area contributed by atoms with E-state index < -0.39 is 0 Å². The molecule has 0 aliphatic rings. The molecule has 0 amide bonds. The van der Waals surface area contributed by atoms with E-state index in [0.29, 0.717) is 19.1 Å². The number of hydrogen-bond acceptors (Lipinski definition) is 6. The van der Waals surface area contributed by atoms with Crippen molar-refractivity contribution in [2.45, 2.75) is 13.8 Å². The molecule has 0 fully saturated rings. The number of anilines is 3. The van der Waals surface area contributed by atoms with Crippen LogP contribution in [0.25, 0.3) is 0 Å². The van der Waals surface area contributed by atoms with Crippen molar-refractivity contribution >= 4 is 17.5 Å². The average Bonchev–Trinajstić information content (AvgIpc) is 2.69. The van der Waals surface area contributed by atoms with Gasteiger partial charge >= 0.3 is 0 Å². The maximum Gasteiger partial charge on any atom is 0.229 e. The molecule has 6 heteroatoms. The van der Waals surface area contributed by atoms with Crippen molar-refractivity contribution in [3.05, 3.63) is 65.9 Å². The zero-order valence-corrected chi connectivity index (χ0v) is 15.8. The fraction of sp³-hybridized carbons (Fsp3) is 0.238. The van der Waals surface area contributed by atoms with Crippen LogP contribution in [0.4, 0.5) is 17.5 Å². The standard InChI is InChI=1S/C21H24N4O2/c1-15-4-5-17(14-16(15)2)24-21-23-11-10-20(25-21)22-12-13-27-19-8-6-18(26-3)7-9-19/h4-11,14H,12-13H2,1-3H3,(H2,22,23,24,25). The molecular formula is C21H24N4O2. The molecule has 0 radical (unpaired) electrons. The molecule has 2 aromatic carbocycles. The van der Waals surface area contributed by atoms with E-state index in [1.54, 1.807) is 13.3 Å². The lowest BCUT2D eigenvalue weighted by Crippen LogP contribution is -2.13. The lowest BCUT2D eigenvalue weighted by atomic mass is 10.1. The SMILES string of the molecule is COc1ccc(OCCNc2ccnc(Nc3ccc(C)c(C)c3)n2)cc1. The summed E-state index contributed by atoms with van der Waals surface area (Å²) in [5, 5.41) is 6.48. The second kappa shape index (κ2) is 8.89. The number of aryl methyl sites for hydroxylation is 2. The maximum atomic E-state index is 5.70. The predicted molar refractivity (Wildman–Crippen MR) is 108 cm³/mol. The molecule has 140 valence electrons. The third-order valence-corrected chi connectivity index (χ3v) is 4.15. The van der Waals surface area contributed by atoms with Gasteiger partial charge in [-0.3, -0.25) is 0 Å². The number of rotatable bonds is 8. The quantitative estimate of drug-likeness (QED) is 0.580. The minimum Gasteiger partial charge on any atom is -0.497 e. The molecule has 0 aliphatic heterocycles. The summed E-state index contributed by atoms with van der Waals surface area (Å²) in [6, 6.07) is 15.5. The first-order valence-electron chi connectivity index (χ1n) is 8.82. The van der Waals surface area contributed by atoms with Crippen molar-refractivity contribution in [2.75, 3.05) is 30.9 Å². The molecule has 27 heavy (non-hydrogen) atoms. The molecular weight excluding hydrogens is 340 g/mol. The number of methoxy groups -OCH3 is 1. The van der Waals surface area contributed by atoms with Gasteiger partial charge in [0, 0.05) is 11.9 Å². The Morgan fingerprint density at radius 1 is 0.926 bits per heavy atom. The largest absolute Gasteiger partial charge is 0.497 e. The molecule has 1 aromatic heterocycles. The van der Waals surface area contributed by atoms with Gasteiger partial charge in [-0.25, -0.2) is 4.98 Å². The Morgan fingerprint density at radius 3 is 2.44 bits per heavy atom. The van der Waals surface area contributed by atoms with Gasteiger partial charge in [-0.1, -0.05) is 6.07 Å². The minimum absolute atomic E-state index is 0.524. The zero-order chi connectivity index (χ0) is 19.1. The smallest absolute Gasteiger partial charge is 0.229 e. The van der Waals surface area contributed by atoms with Crippen LogP contribution in [-0.4, -0.2) is 30.2 Å². The van der Waals surface area contributed by atoms with Gasteiger partial charge in [0.15, 0.2) is 0 Å². The summed E-state index contributed by atoms with van der Waals surface area (Å²) in [4.78, 5) is 8.76. The van der Waals surface area contributed by atoms with Gasteiger partial charge in [0.25, 0.3) is 0 Å². The third-order valence-electron chi connectivity index (χ3n) is 4.15. The van der Waals surface area contributed by atoms with Gasteiger partial charge in [-0.05, 0) is 67.4 Å². The molecule has 0 saturated carbocycles. The molecule has 0 aliphatic carbocycles. The number of nitrogens with one attached hydrogen (secondary N) is 2. The highest BCUT2D eigenvalue weighted by molar-refractivity contribution is 5.56. The van der Waals surface area contributed by atoms with E-state index in [0.717, 1.165) is 23.0 Å². The van der Waals surface area contributed by atoms with E-state index in [1.165, 1.54) is 11.1 Å². The molecule has 1 heterocycles. The van der Waals surface area contributed by atoms with Crippen LogP contribution in [0.15, 0.2) is 54.7 Å². The van der Waals surface area contributed by atoms with Crippen LogP contribution < -0.4 is 20.1 Å². The normalized spacial score (nSPS) is 10.3. The number of aromatic nitrogens is 2. The summed E-state index contributed by atoms with van der Waals surface area (Å²) in [7, 11) is 1.64. The highest BCUT2D eigenvalue weighted by Gasteiger charge is 2.02. The van der Waals surface area contributed by atoms with Crippen molar-refractivity contribution in [1.82, 2.24) is 9.97 Å². The van der Waals surface area contributed by atoms with Crippen molar-refractivity contribution in [3.63, 3.8) is 0 Å². The van der Waals surface area contributed by atoms with Gasteiger partial charge in [0.2, 0.25) is 5.95 Å². The Bertz CT molecular complexity index is 882. The van der Waals surface area contributed by atoms with Crippen molar-refractivity contribution in [1.29, 1.82) is 0 Å². The minimum atomic E-state index is 0.524. The Balaban J connectivity index is 1.50. The Kier molecular flexibility index (Phi) is 6.10. The lowest BCUT2D eigenvalue weighted by Gasteiger charge is -2.10. The van der Waals surface area contributed by atoms with Crippen LogP contribution in [0.2, 0.25) is 0 Å². The number of nitrogens with zero attached hydrogens (tertiary/aromatic N) is 2. The Hall–Kier alpha value is -3.28. The van der Waals surface area contributed by atoms with Gasteiger partial charge in [0.05, 0.1) is 13.7 Å². The lowest BCUT2D eigenvalue weighted by molar-refractivity contribution is 0.331. The monoisotopic (exact) mass is 364 g/mol. The molecule has 0 atom stereocenters. The highest BCUT2D eigenvalue weighted by Crippen LogP contribution is 2.18. The van der Waals surface area contributed by atoms with E-state index in [1.807, 2.05) is 36.4 Å². The van der Waals surface area contributed by atoms with E-state index in [4.69, 9.17) is 9.47 Å². The van der Waals surface area contributed by atoms with Crippen molar-refractivity contribution in [3.8, 4) is 11.5 Å². The van der Waals surface area contributed by atoms with Crippen LogP contribution in [0.3, 0.4) is 0 Å². The number of hydrogen-bond donors (Lipinski definition) is 2. The highest BCUT2D eigenvalue weighted by atomic mass is 16.5.